The Morgan fingerprint density at radius 1 is 1.39 bits per heavy atom. The van der Waals surface area contributed by atoms with Crippen LogP contribution in [-0.4, -0.2) is 18.1 Å². The van der Waals surface area contributed by atoms with E-state index in [0.29, 0.717) is 6.04 Å². The fraction of sp³-hybridized carbons (Fsp3) is 0.786. The van der Waals surface area contributed by atoms with Gasteiger partial charge in [-0.25, -0.2) is 4.98 Å². The monoisotopic (exact) mass is 269 g/mol. The van der Waals surface area contributed by atoms with Crippen molar-refractivity contribution in [3.63, 3.8) is 0 Å². The van der Waals surface area contributed by atoms with Gasteiger partial charge < -0.3 is 11.1 Å². The first-order valence-corrected chi connectivity index (χ1v) is 7.80. The molecular formula is C14H27N3S. The summed E-state index contributed by atoms with van der Waals surface area (Å²) in [6.07, 6.45) is 5.31. The Balaban J connectivity index is 2.56. The van der Waals surface area contributed by atoms with Gasteiger partial charge in [0, 0.05) is 17.6 Å². The zero-order valence-corrected chi connectivity index (χ0v) is 12.9. The van der Waals surface area contributed by atoms with Crippen LogP contribution in [0.2, 0.25) is 0 Å². The first-order valence-electron chi connectivity index (χ1n) is 6.98. The number of nitrogens with two attached hydrogens (primary N) is 1. The zero-order valence-electron chi connectivity index (χ0n) is 12.1. The maximum Gasteiger partial charge on any atom is 0.109 e. The van der Waals surface area contributed by atoms with Gasteiger partial charge in [0.1, 0.15) is 5.01 Å². The second-order valence-electron chi connectivity index (χ2n) is 5.03. The topological polar surface area (TPSA) is 50.9 Å². The number of aromatic nitrogens is 1. The summed E-state index contributed by atoms with van der Waals surface area (Å²) >= 11 is 1.81. The first kappa shape index (κ1) is 15.6. The minimum atomic E-state index is 0.235. The van der Waals surface area contributed by atoms with E-state index in [1.165, 1.54) is 9.88 Å². The second kappa shape index (κ2) is 7.22. The van der Waals surface area contributed by atoms with E-state index in [4.69, 9.17) is 5.73 Å². The van der Waals surface area contributed by atoms with Crippen molar-refractivity contribution < 1.29 is 0 Å². The van der Waals surface area contributed by atoms with E-state index in [1.807, 2.05) is 17.5 Å². The van der Waals surface area contributed by atoms with Gasteiger partial charge in [-0.2, -0.15) is 0 Å². The Morgan fingerprint density at radius 3 is 2.50 bits per heavy atom. The highest BCUT2D eigenvalue weighted by Crippen LogP contribution is 2.26. The highest BCUT2D eigenvalue weighted by atomic mass is 32.1. The van der Waals surface area contributed by atoms with Crippen LogP contribution in [0.5, 0.6) is 0 Å². The van der Waals surface area contributed by atoms with Gasteiger partial charge in [0.15, 0.2) is 0 Å². The van der Waals surface area contributed by atoms with E-state index in [0.717, 1.165) is 32.4 Å². The Morgan fingerprint density at radius 2 is 2.06 bits per heavy atom. The van der Waals surface area contributed by atoms with E-state index in [9.17, 15) is 0 Å². The molecule has 0 aliphatic rings. The summed E-state index contributed by atoms with van der Waals surface area (Å²) in [5.74, 6) is 0. The largest absolute Gasteiger partial charge is 0.330 e. The van der Waals surface area contributed by atoms with Crippen LogP contribution in [0.1, 0.15) is 56.5 Å². The summed E-state index contributed by atoms with van der Waals surface area (Å²) in [6, 6.07) is 0.319. The summed E-state index contributed by atoms with van der Waals surface area (Å²) in [7, 11) is 0. The minimum Gasteiger partial charge on any atom is -0.330 e. The first-order chi connectivity index (χ1) is 8.60. The van der Waals surface area contributed by atoms with Crippen LogP contribution in [0.3, 0.4) is 0 Å². The average molecular weight is 269 g/mol. The molecule has 0 aliphatic heterocycles. The van der Waals surface area contributed by atoms with E-state index < -0.39 is 0 Å². The van der Waals surface area contributed by atoms with E-state index >= 15 is 0 Å². The smallest absolute Gasteiger partial charge is 0.109 e. The zero-order chi connectivity index (χ0) is 13.6. The molecule has 3 N–H and O–H groups in total. The van der Waals surface area contributed by atoms with Crippen molar-refractivity contribution in [1.82, 2.24) is 10.3 Å². The molecule has 0 saturated carbocycles. The fourth-order valence-corrected chi connectivity index (χ4v) is 2.89. The molecule has 0 radical (unpaired) electrons. The number of nitrogens with one attached hydrogen (secondary N) is 1. The second-order valence-corrected chi connectivity index (χ2v) is 6.18. The van der Waals surface area contributed by atoms with Crippen LogP contribution in [0.25, 0.3) is 0 Å². The quantitative estimate of drug-likeness (QED) is 0.762. The van der Waals surface area contributed by atoms with Crippen molar-refractivity contribution in [1.29, 1.82) is 0 Å². The van der Waals surface area contributed by atoms with Gasteiger partial charge in [-0.05, 0) is 38.1 Å². The molecule has 0 saturated heterocycles. The lowest BCUT2D eigenvalue weighted by Gasteiger charge is -2.31. The lowest BCUT2D eigenvalue weighted by atomic mass is 9.82. The summed E-state index contributed by atoms with van der Waals surface area (Å²) in [5.41, 5.74) is 6.16. The predicted molar refractivity (Wildman–Crippen MR) is 80.0 cm³/mol. The standard InChI is InChI=1S/C14H27N3S/c1-5-12-8-16-13(18-12)11(4)17-10-14(6-2,7-3)9-15/h8,11,17H,5-7,9-10,15H2,1-4H3. The number of rotatable bonds is 8. The molecule has 18 heavy (non-hydrogen) atoms. The van der Waals surface area contributed by atoms with Crippen LogP contribution in [0.15, 0.2) is 6.20 Å². The molecule has 1 unspecified atom stereocenters. The third kappa shape index (κ3) is 3.77. The summed E-state index contributed by atoms with van der Waals surface area (Å²) in [6.45, 7) is 10.5. The van der Waals surface area contributed by atoms with Crippen molar-refractivity contribution in [2.24, 2.45) is 11.1 Å². The molecule has 1 heterocycles. The van der Waals surface area contributed by atoms with Gasteiger partial charge in [0.2, 0.25) is 0 Å². The lowest BCUT2D eigenvalue weighted by molar-refractivity contribution is 0.250. The summed E-state index contributed by atoms with van der Waals surface area (Å²) in [5, 5.41) is 4.78. The van der Waals surface area contributed by atoms with Crippen molar-refractivity contribution in [3.8, 4) is 0 Å². The SMILES string of the molecule is CCc1cnc(C(C)NCC(CC)(CC)CN)s1. The Kier molecular flexibility index (Phi) is 6.26. The normalized spacial score (nSPS) is 13.8. The minimum absolute atomic E-state index is 0.235. The summed E-state index contributed by atoms with van der Waals surface area (Å²) in [4.78, 5) is 5.85. The third-order valence-electron chi connectivity index (χ3n) is 4.01. The van der Waals surface area contributed by atoms with Crippen LogP contribution in [-0.2, 0) is 6.42 Å². The molecule has 0 bridgehead atoms. The van der Waals surface area contributed by atoms with Crippen LogP contribution < -0.4 is 11.1 Å². The third-order valence-corrected chi connectivity index (χ3v) is 5.33. The number of nitrogens with zero attached hydrogens (tertiary/aromatic N) is 1. The molecule has 104 valence electrons. The van der Waals surface area contributed by atoms with Gasteiger partial charge >= 0.3 is 0 Å². The maximum atomic E-state index is 5.93. The molecular weight excluding hydrogens is 242 g/mol. The van der Waals surface area contributed by atoms with E-state index in [-0.39, 0.29) is 5.41 Å². The predicted octanol–water partition coefficient (Wildman–Crippen LogP) is 3.12. The highest BCUT2D eigenvalue weighted by Gasteiger charge is 2.25. The van der Waals surface area contributed by atoms with E-state index in [2.05, 4.69) is 38.0 Å². The number of thiazole rings is 1. The van der Waals surface area contributed by atoms with Crippen LogP contribution in [0, 0.1) is 5.41 Å². The molecule has 4 heteroatoms. The van der Waals surface area contributed by atoms with Gasteiger partial charge in [-0.1, -0.05) is 20.8 Å². The molecule has 0 amide bonds. The van der Waals surface area contributed by atoms with Crippen molar-refractivity contribution in [2.75, 3.05) is 13.1 Å². The molecule has 0 fully saturated rings. The molecule has 0 aliphatic carbocycles. The van der Waals surface area contributed by atoms with Gasteiger partial charge in [-0.15, -0.1) is 11.3 Å². The Hall–Kier alpha value is -0.450. The fourth-order valence-electron chi connectivity index (χ4n) is 2.00. The van der Waals surface area contributed by atoms with Gasteiger partial charge in [-0.3, -0.25) is 0 Å². The Labute approximate surface area is 115 Å². The molecule has 0 aromatic carbocycles. The molecule has 3 nitrogen and oxygen atoms in total. The molecule has 1 atom stereocenters. The number of aryl methyl sites for hydroxylation is 1. The van der Waals surface area contributed by atoms with Crippen LogP contribution in [0.4, 0.5) is 0 Å². The number of hydrogen-bond acceptors (Lipinski definition) is 4. The van der Waals surface area contributed by atoms with Gasteiger partial charge in [0.25, 0.3) is 0 Å². The highest BCUT2D eigenvalue weighted by molar-refractivity contribution is 7.11. The Bertz CT molecular complexity index is 336. The summed E-state index contributed by atoms with van der Waals surface area (Å²) < 4.78 is 0. The van der Waals surface area contributed by atoms with Gasteiger partial charge in [0.05, 0.1) is 6.04 Å². The van der Waals surface area contributed by atoms with Crippen molar-refractivity contribution >= 4 is 11.3 Å². The molecule has 1 rings (SSSR count). The molecule has 0 spiro atoms. The van der Waals surface area contributed by atoms with Crippen LogP contribution >= 0.6 is 11.3 Å². The van der Waals surface area contributed by atoms with Crippen molar-refractivity contribution in [2.45, 2.75) is 53.0 Å². The number of hydrogen-bond donors (Lipinski definition) is 2. The molecule has 1 aromatic rings. The van der Waals surface area contributed by atoms with Crippen molar-refractivity contribution in [3.05, 3.63) is 16.1 Å². The maximum absolute atomic E-state index is 5.93. The van der Waals surface area contributed by atoms with E-state index in [1.54, 1.807) is 0 Å². The average Bonchev–Trinajstić information content (AvgIpc) is 2.89. The molecule has 1 aromatic heterocycles. The lowest BCUT2D eigenvalue weighted by Crippen LogP contribution is -2.40.